The lowest BCUT2D eigenvalue weighted by atomic mass is 10.0. The second-order valence-corrected chi connectivity index (χ2v) is 6.96. The van der Waals surface area contributed by atoms with Gasteiger partial charge in [0.15, 0.2) is 0 Å². The molecule has 0 unspecified atom stereocenters. The molecular formula is C21H29ClO2. The molecule has 0 saturated heterocycles. The molecule has 0 aliphatic rings. The molecule has 0 spiro atoms. The van der Waals surface area contributed by atoms with Gasteiger partial charge in [-0.05, 0) is 60.6 Å². The third kappa shape index (κ3) is 5.31. The summed E-state index contributed by atoms with van der Waals surface area (Å²) in [5.74, 6) is 3.21. The SMILES string of the molecule is CCc1c(OCCCCCCl)ccc2cc(OCC(C)C)ccc12. The third-order valence-corrected chi connectivity index (χ3v) is 4.30. The van der Waals surface area contributed by atoms with Crippen molar-refractivity contribution in [2.75, 3.05) is 19.1 Å². The second kappa shape index (κ2) is 9.78. The predicted molar refractivity (Wildman–Crippen MR) is 104 cm³/mol. The minimum absolute atomic E-state index is 0.529. The molecule has 0 heterocycles. The van der Waals surface area contributed by atoms with Crippen molar-refractivity contribution in [3.8, 4) is 11.5 Å². The van der Waals surface area contributed by atoms with E-state index in [0.29, 0.717) is 5.92 Å². The third-order valence-electron chi connectivity index (χ3n) is 4.03. The van der Waals surface area contributed by atoms with E-state index in [2.05, 4.69) is 51.1 Å². The molecule has 2 aromatic rings. The van der Waals surface area contributed by atoms with E-state index in [1.807, 2.05) is 0 Å². The van der Waals surface area contributed by atoms with E-state index in [-0.39, 0.29) is 0 Å². The monoisotopic (exact) mass is 348 g/mol. The molecule has 0 amide bonds. The number of unbranched alkanes of at least 4 members (excludes halogenated alkanes) is 2. The largest absolute Gasteiger partial charge is 0.493 e. The number of hydrogen-bond acceptors (Lipinski definition) is 2. The van der Waals surface area contributed by atoms with Gasteiger partial charge in [-0.2, -0.15) is 0 Å². The van der Waals surface area contributed by atoms with Gasteiger partial charge in [-0.3, -0.25) is 0 Å². The summed E-state index contributed by atoms with van der Waals surface area (Å²) in [7, 11) is 0. The lowest BCUT2D eigenvalue weighted by Crippen LogP contribution is -2.04. The molecule has 3 heteroatoms. The zero-order valence-corrected chi connectivity index (χ0v) is 15.9. The molecule has 2 nitrogen and oxygen atoms in total. The van der Waals surface area contributed by atoms with E-state index in [4.69, 9.17) is 21.1 Å². The van der Waals surface area contributed by atoms with Crippen molar-refractivity contribution in [2.24, 2.45) is 5.92 Å². The van der Waals surface area contributed by atoms with Crippen LogP contribution in [0.15, 0.2) is 30.3 Å². The smallest absolute Gasteiger partial charge is 0.123 e. The molecule has 0 fully saturated rings. The molecule has 2 aromatic carbocycles. The van der Waals surface area contributed by atoms with Crippen LogP contribution < -0.4 is 9.47 Å². The summed E-state index contributed by atoms with van der Waals surface area (Å²) in [5.41, 5.74) is 1.28. The molecular weight excluding hydrogens is 320 g/mol. The number of halogens is 1. The number of rotatable bonds is 10. The van der Waals surface area contributed by atoms with Crippen LogP contribution in [-0.4, -0.2) is 19.1 Å². The van der Waals surface area contributed by atoms with Gasteiger partial charge in [0, 0.05) is 11.4 Å². The van der Waals surface area contributed by atoms with Gasteiger partial charge in [0.25, 0.3) is 0 Å². The molecule has 0 N–H and O–H groups in total. The summed E-state index contributed by atoms with van der Waals surface area (Å²) in [6.45, 7) is 8.00. The van der Waals surface area contributed by atoms with Crippen molar-refractivity contribution in [1.29, 1.82) is 0 Å². The van der Waals surface area contributed by atoms with Crippen LogP contribution in [0.5, 0.6) is 11.5 Å². The summed E-state index contributed by atoms with van der Waals surface area (Å²) in [6.07, 6.45) is 4.19. The van der Waals surface area contributed by atoms with Gasteiger partial charge in [-0.1, -0.05) is 32.9 Å². The fourth-order valence-electron chi connectivity index (χ4n) is 2.76. The average Bonchev–Trinajstić information content (AvgIpc) is 2.59. The fraction of sp³-hybridized carbons (Fsp3) is 0.524. The second-order valence-electron chi connectivity index (χ2n) is 6.58. The minimum Gasteiger partial charge on any atom is -0.493 e. The molecule has 132 valence electrons. The molecule has 0 aliphatic carbocycles. The Bertz CT molecular complexity index is 637. The number of alkyl halides is 1. The van der Waals surface area contributed by atoms with Crippen LogP contribution >= 0.6 is 11.6 Å². The van der Waals surface area contributed by atoms with E-state index < -0.39 is 0 Å². The first-order valence-corrected chi connectivity index (χ1v) is 9.56. The highest BCUT2D eigenvalue weighted by Crippen LogP contribution is 2.31. The summed E-state index contributed by atoms with van der Waals surface area (Å²) in [5, 5.41) is 2.47. The van der Waals surface area contributed by atoms with Crippen LogP contribution in [0.25, 0.3) is 10.8 Å². The summed E-state index contributed by atoms with van der Waals surface area (Å²) >= 11 is 5.71. The number of hydrogen-bond donors (Lipinski definition) is 0. The van der Waals surface area contributed by atoms with Crippen LogP contribution in [0.3, 0.4) is 0 Å². The van der Waals surface area contributed by atoms with Crippen molar-refractivity contribution in [3.63, 3.8) is 0 Å². The van der Waals surface area contributed by atoms with Crippen molar-refractivity contribution < 1.29 is 9.47 Å². The van der Waals surface area contributed by atoms with Crippen LogP contribution in [0, 0.1) is 5.92 Å². The lowest BCUT2D eigenvalue weighted by molar-refractivity contribution is 0.271. The first kappa shape index (κ1) is 18.9. The van der Waals surface area contributed by atoms with E-state index in [1.54, 1.807) is 0 Å². The van der Waals surface area contributed by atoms with Crippen LogP contribution in [-0.2, 0) is 6.42 Å². The molecule has 0 aromatic heterocycles. The number of benzene rings is 2. The van der Waals surface area contributed by atoms with Crippen molar-refractivity contribution in [1.82, 2.24) is 0 Å². The maximum absolute atomic E-state index is 6.02. The number of aryl methyl sites for hydroxylation is 1. The highest BCUT2D eigenvalue weighted by Gasteiger charge is 2.09. The van der Waals surface area contributed by atoms with Gasteiger partial charge in [0.05, 0.1) is 13.2 Å². The Hall–Kier alpha value is -1.41. The molecule has 0 bridgehead atoms. The van der Waals surface area contributed by atoms with E-state index in [0.717, 1.165) is 56.3 Å². The van der Waals surface area contributed by atoms with Crippen molar-refractivity contribution in [3.05, 3.63) is 35.9 Å². The van der Waals surface area contributed by atoms with Crippen molar-refractivity contribution >= 4 is 22.4 Å². The number of ether oxygens (including phenoxy) is 2. The molecule has 0 saturated carbocycles. The molecule has 0 atom stereocenters. The first-order chi connectivity index (χ1) is 11.7. The average molecular weight is 349 g/mol. The van der Waals surface area contributed by atoms with Crippen LogP contribution in [0.4, 0.5) is 0 Å². The molecule has 24 heavy (non-hydrogen) atoms. The number of fused-ring (bicyclic) bond motifs is 1. The van der Waals surface area contributed by atoms with Gasteiger partial charge in [0.2, 0.25) is 0 Å². The summed E-state index contributed by atoms with van der Waals surface area (Å²) in [4.78, 5) is 0. The summed E-state index contributed by atoms with van der Waals surface area (Å²) < 4.78 is 11.9. The topological polar surface area (TPSA) is 18.5 Å². The Morgan fingerprint density at radius 2 is 1.83 bits per heavy atom. The van der Waals surface area contributed by atoms with Gasteiger partial charge in [-0.25, -0.2) is 0 Å². The fourth-order valence-corrected chi connectivity index (χ4v) is 2.95. The maximum Gasteiger partial charge on any atom is 0.123 e. The van der Waals surface area contributed by atoms with E-state index >= 15 is 0 Å². The molecule has 0 radical (unpaired) electrons. The zero-order chi connectivity index (χ0) is 17.4. The van der Waals surface area contributed by atoms with Gasteiger partial charge in [-0.15, -0.1) is 11.6 Å². The van der Waals surface area contributed by atoms with Gasteiger partial charge < -0.3 is 9.47 Å². The Morgan fingerprint density at radius 3 is 2.54 bits per heavy atom. The zero-order valence-electron chi connectivity index (χ0n) is 15.1. The highest BCUT2D eigenvalue weighted by molar-refractivity contribution is 6.17. The highest BCUT2D eigenvalue weighted by atomic mass is 35.5. The van der Waals surface area contributed by atoms with Gasteiger partial charge in [0.1, 0.15) is 11.5 Å². The molecule has 0 aliphatic heterocycles. The standard InChI is InChI=1S/C21H29ClO2/c1-4-19-20-10-9-18(24-15-16(2)3)14-17(20)8-11-21(19)23-13-7-5-6-12-22/h8-11,14,16H,4-7,12-13,15H2,1-3H3. The first-order valence-electron chi connectivity index (χ1n) is 9.03. The van der Waals surface area contributed by atoms with E-state index in [1.165, 1.54) is 16.3 Å². The van der Waals surface area contributed by atoms with Crippen molar-refractivity contribution in [2.45, 2.75) is 46.5 Å². The van der Waals surface area contributed by atoms with Gasteiger partial charge >= 0.3 is 0 Å². The quantitative estimate of drug-likeness (QED) is 0.374. The normalized spacial score (nSPS) is 11.2. The van der Waals surface area contributed by atoms with Crippen LogP contribution in [0.1, 0.15) is 45.6 Å². The lowest BCUT2D eigenvalue weighted by Gasteiger charge is -2.15. The summed E-state index contributed by atoms with van der Waals surface area (Å²) in [6, 6.07) is 10.6. The maximum atomic E-state index is 6.02. The predicted octanol–water partition coefficient (Wildman–Crippen LogP) is 6.22. The minimum atomic E-state index is 0.529. The molecule has 2 rings (SSSR count). The Kier molecular flexibility index (Phi) is 7.71. The van der Waals surface area contributed by atoms with E-state index in [9.17, 15) is 0 Å². The Morgan fingerprint density at radius 1 is 1.00 bits per heavy atom. The Balaban J connectivity index is 2.12. The Labute approximate surface area is 151 Å². The van der Waals surface area contributed by atoms with Crippen LogP contribution in [0.2, 0.25) is 0 Å².